The summed E-state index contributed by atoms with van der Waals surface area (Å²) >= 11 is 3.80. The first-order valence-electron chi connectivity index (χ1n) is 27.5. The van der Waals surface area contributed by atoms with Gasteiger partial charge >= 0.3 is 0 Å². The van der Waals surface area contributed by atoms with Crippen LogP contribution in [0.5, 0.6) is 0 Å². The highest BCUT2D eigenvalue weighted by Gasteiger charge is 2.27. The molecule has 12 aromatic carbocycles. The lowest BCUT2D eigenvalue weighted by molar-refractivity contribution is 1.22. The van der Waals surface area contributed by atoms with Crippen molar-refractivity contribution in [3.05, 3.63) is 289 Å². The number of benzene rings is 12. The fraction of sp³-hybridized carbons (Fsp3) is 0.0526. The zero-order valence-electron chi connectivity index (χ0n) is 45.1. The normalized spacial score (nSPS) is 11.5. The maximum absolute atomic E-state index is 2.55. The van der Waals surface area contributed by atoms with Crippen molar-refractivity contribution < 1.29 is 0 Å². The molecule has 2 nitrogen and oxygen atoms in total. The van der Waals surface area contributed by atoms with Crippen LogP contribution in [0.1, 0.15) is 22.3 Å². The average Bonchev–Trinajstić information content (AvgIpc) is 4.30. The Balaban J connectivity index is 0.940. The highest BCUT2D eigenvalue weighted by Crippen LogP contribution is 2.53. The van der Waals surface area contributed by atoms with Crippen LogP contribution in [-0.4, -0.2) is 0 Å². The van der Waals surface area contributed by atoms with Crippen LogP contribution < -0.4 is 9.80 Å². The van der Waals surface area contributed by atoms with Gasteiger partial charge < -0.3 is 9.80 Å². The lowest BCUT2D eigenvalue weighted by atomic mass is 9.93. The molecule has 0 aliphatic carbocycles. The van der Waals surface area contributed by atoms with Crippen molar-refractivity contribution in [2.24, 2.45) is 0 Å². The largest absolute Gasteiger partial charge is 0.308 e. The predicted octanol–water partition coefficient (Wildman–Crippen LogP) is 22.9. The molecule has 0 bridgehead atoms. The fourth-order valence-electron chi connectivity index (χ4n) is 12.4. The molecule has 0 spiro atoms. The van der Waals surface area contributed by atoms with Gasteiger partial charge in [-0.3, -0.25) is 0 Å². The molecule has 0 saturated heterocycles. The van der Waals surface area contributed by atoms with Gasteiger partial charge in [-0.15, -0.1) is 22.7 Å². The van der Waals surface area contributed by atoms with Gasteiger partial charge in [0.2, 0.25) is 0 Å². The first-order chi connectivity index (χ1) is 39.4. The maximum Gasteiger partial charge on any atom is 0.0640 e. The Labute approximate surface area is 476 Å². The van der Waals surface area contributed by atoms with Gasteiger partial charge in [-0.1, -0.05) is 218 Å². The van der Waals surface area contributed by atoms with E-state index in [-0.39, 0.29) is 0 Å². The summed E-state index contributed by atoms with van der Waals surface area (Å²) in [5, 5.41) is 5.09. The van der Waals surface area contributed by atoms with Crippen molar-refractivity contribution in [3.63, 3.8) is 0 Å². The molecular formula is C76H56N2S2. The zero-order valence-corrected chi connectivity index (χ0v) is 46.7. The SMILES string of the molecule is Cc1cc(-c2cc(C)c(N(c3ccccc3-c3ccccc3)c3cccc4c3sc3c(-c5ccccc5)cccc34)c(C)c2)cc(C)c1N(c1ccccc1-c1ccccc1)c1cccc2c1sc1c(-c3ccccc3)cccc12. The number of anilines is 6. The molecule has 0 aliphatic heterocycles. The Kier molecular flexibility index (Phi) is 12.5. The molecule has 0 saturated carbocycles. The molecule has 0 radical (unpaired) electrons. The maximum atomic E-state index is 2.55. The van der Waals surface area contributed by atoms with Crippen molar-refractivity contribution in [2.75, 3.05) is 9.80 Å². The van der Waals surface area contributed by atoms with Gasteiger partial charge in [0, 0.05) is 42.1 Å². The van der Waals surface area contributed by atoms with E-state index in [4.69, 9.17) is 0 Å². The monoisotopic (exact) mass is 1060 g/mol. The molecule has 0 atom stereocenters. The third-order valence-corrected chi connectivity index (χ3v) is 18.4. The van der Waals surface area contributed by atoms with E-state index in [1.807, 2.05) is 22.7 Å². The van der Waals surface area contributed by atoms with Crippen molar-refractivity contribution in [2.45, 2.75) is 27.7 Å². The van der Waals surface area contributed by atoms with Crippen molar-refractivity contribution in [3.8, 4) is 55.6 Å². The van der Waals surface area contributed by atoms with Crippen LogP contribution in [-0.2, 0) is 0 Å². The minimum absolute atomic E-state index is 1.14. The van der Waals surface area contributed by atoms with Gasteiger partial charge in [0.25, 0.3) is 0 Å². The number of rotatable bonds is 11. The Hall–Kier alpha value is -9.32. The summed E-state index contributed by atoms with van der Waals surface area (Å²) < 4.78 is 5.13. The van der Waals surface area contributed by atoms with E-state index in [0.29, 0.717) is 0 Å². The second-order valence-corrected chi connectivity index (χ2v) is 23.0. The number of thiophene rings is 2. The average molecular weight is 1060 g/mol. The lowest BCUT2D eigenvalue weighted by Crippen LogP contribution is -2.15. The van der Waals surface area contributed by atoms with Gasteiger partial charge in [-0.2, -0.15) is 0 Å². The summed E-state index contributed by atoms with van der Waals surface area (Å²) in [6.45, 7) is 9.20. The van der Waals surface area contributed by atoms with Crippen LogP contribution in [0.3, 0.4) is 0 Å². The van der Waals surface area contributed by atoms with Crippen LogP contribution in [0, 0.1) is 27.7 Å². The van der Waals surface area contributed by atoms with Gasteiger partial charge in [-0.05, 0) is 143 Å². The highest BCUT2D eigenvalue weighted by molar-refractivity contribution is 7.27. The number of hydrogen-bond acceptors (Lipinski definition) is 4. The molecule has 80 heavy (non-hydrogen) atoms. The smallest absolute Gasteiger partial charge is 0.0640 e. The summed E-state index contributed by atoms with van der Waals surface area (Å²) in [7, 11) is 0. The van der Waals surface area contributed by atoms with Gasteiger partial charge in [0.15, 0.2) is 0 Å². The van der Waals surface area contributed by atoms with E-state index in [2.05, 4.69) is 304 Å². The second kappa shape index (κ2) is 20.5. The van der Waals surface area contributed by atoms with E-state index in [9.17, 15) is 0 Å². The molecule has 4 heteroatoms. The van der Waals surface area contributed by atoms with E-state index < -0.39 is 0 Å². The molecule has 0 fully saturated rings. The first-order valence-corrected chi connectivity index (χ1v) is 29.1. The van der Waals surface area contributed by atoms with Crippen molar-refractivity contribution in [1.29, 1.82) is 0 Å². The number of aryl methyl sites for hydroxylation is 4. The van der Waals surface area contributed by atoms with E-state index >= 15 is 0 Å². The summed E-state index contributed by atoms with van der Waals surface area (Å²) in [4.78, 5) is 5.10. The van der Waals surface area contributed by atoms with Gasteiger partial charge in [0.1, 0.15) is 0 Å². The molecular weight excluding hydrogens is 1000 g/mol. The number of para-hydroxylation sites is 2. The summed E-state index contributed by atoms with van der Waals surface area (Å²) in [6, 6.07) is 98.1. The Morgan fingerprint density at radius 3 is 0.838 bits per heavy atom. The van der Waals surface area contributed by atoms with Gasteiger partial charge in [-0.25, -0.2) is 0 Å². The minimum Gasteiger partial charge on any atom is -0.308 e. The van der Waals surface area contributed by atoms with Crippen molar-refractivity contribution in [1.82, 2.24) is 0 Å². The standard InChI is InChI=1S/C76H56N2S2/c1-49-45-57(46-50(2)71(49)77(67-41-19-17-33-59(67)53-25-9-5-10-26-53)69-43-23-39-65-63-37-21-35-61(73(63)79-75(65)69)55-29-13-7-14-30-55)58-47-51(3)72(52(4)48-58)78(68-42-20-18-34-60(68)54-27-11-6-12-28-54)70-44-24-40-66-64-38-22-36-62(74(64)80-76(66)70)56-31-15-8-16-32-56/h5-48H,1-4H3. The summed E-state index contributed by atoms with van der Waals surface area (Å²) in [6.07, 6.45) is 0. The molecule has 14 aromatic rings. The fourth-order valence-corrected chi connectivity index (χ4v) is 15.1. The third kappa shape index (κ3) is 8.47. The number of nitrogens with zero attached hydrogens (tertiary/aromatic N) is 2. The quantitative estimate of drug-likeness (QED) is 0.127. The molecule has 2 aromatic heterocycles. The minimum atomic E-state index is 1.14. The molecule has 14 rings (SSSR count). The van der Waals surface area contributed by atoms with Crippen LogP contribution in [0.25, 0.3) is 96.0 Å². The van der Waals surface area contributed by atoms with Crippen LogP contribution in [0.15, 0.2) is 267 Å². The molecule has 0 amide bonds. The zero-order chi connectivity index (χ0) is 53.8. The first kappa shape index (κ1) is 49.0. The van der Waals surface area contributed by atoms with Crippen LogP contribution in [0.4, 0.5) is 34.1 Å². The second-order valence-electron chi connectivity index (χ2n) is 21.0. The van der Waals surface area contributed by atoms with Crippen molar-refractivity contribution >= 4 is 97.1 Å². The van der Waals surface area contributed by atoms with Gasteiger partial charge in [0.05, 0.1) is 43.5 Å². The molecule has 0 aliphatic rings. The highest BCUT2D eigenvalue weighted by atomic mass is 32.1. The topological polar surface area (TPSA) is 6.48 Å². The third-order valence-electron chi connectivity index (χ3n) is 15.9. The molecule has 382 valence electrons. The van der Waals surface area contributed by atoms with Crippen LogP contribution >= 0.6 is 22.7 Å². The van der Waals surface area contributed by atoms with E-state index in [1.54, 1.807) is 0 Å². The Morgan fingerprint density at radius 2 is 0.487 bits per heavy atom. The number of fused-ring (bicyclic) bond motifs is 6. The summed E-state index contributed by atoms with van der Waals surface area (Å²) in [5.74, 6) is 0. The Bertz CT molecular complexity index is 4290. The van der Waals surface area contributed by atoms with E-state index in [1.165, 1.54) is 141 Å². The summed E-state index contributed by atoms with van der Waals surface area (Å²) in [5.41, 5.74) is 23.9. The van der Waals surface area contributed by atoms with E-state index in [0.717, 1.165) is 11.4 Å². The molecule has 2 heterocycles. The molecule has 0 unspecified atom stereocenters. The van der Waals surface area contributed by atoms with Crippen LogP contribution in [0.2, 0.25) is 0 Å². The lowest BCUT2D eigenvalue weighted by Gasteiger charge is -2.32. The number of hydrogen-bond donors (Lipinski definition) is 0. The predicted molar refractivity (Wildman–Crippen MR) is 348 cm³/mol. The molecule has 0 N–H and O–H groups in total. The Morgan fingerprint density at radius 1 is 0.225 bits per heavy atom.